The van der Waals surface area contributed by atoms with E-state index >= 15 is 0 Å². The lowest BCUT2D eigenvalue weighted by molar-refractivity contribution is -0.116. The lowest BCUT2D eigenvalue weighted by Gasteiger charge is -2.17. The minimum Gasteiger partial charge on any atom is -0.441 e. The first kappa shape index (κ1) is 18.6. The Morgan fingerprint density at radius 1 is 1.11 bits per heavy atom. The molecule has 140 valence electrons. The highest BCUT2D eigenvalue weighted by Gasteiger charge is 2.16. The molecule has 1 heterocycles. The van der Waals surface area contributed by atoms with Crippen molar-refractivity contribution in [2.45, 2.75) is 12.8 Å². The summed E-state index contributed by atoms with van der Waals surface area (Å²) >= 11 is 0. The molecule has 0 aliphatic rings. The summed E-state index contributed by atoms with van der Waals surface area (Å²) in [6.07, 6.45) is 1.60. The summed E-state index contributed by atoms with van der Waals surface area (Å²) in [7, 11) is 3.78. The number of benzene rings is 2. The number of aryl methyl sites for hydroxylation is 1. The lowest BCUT2D eigenvalue weighted by atomic mass is 10.1. The van der Waals surface area contributed by atoms with E-state index in [-0.39, 0.29) is 36.0 Å². The van der Waals surface area contributed by atoms with E-state index in [0.717, 1.165) is 17.8 Å². The van der Waals surface area contributed by atoms with Crippen molar-refractivity contribution in [2.75, 3.05) is 24.3 Å². The molecule has 0 atom stereocenters. The van der Waals surface area contributed by atoms with Gasteiger partial charge >= 0.3 is 0 Å². The van der Waals surface area contributed by atoms with E-state index in [1.54, 1.807) is 0 Å². The number of para-hydroxylation sites is 2. The first-order chi connectivity index (χ1) is 13.0. The van der Waals surface area contributed by atoms with E-state index in [2.05, 4.69) is 10.3 Å². The molecule has 3 aromatic rings. The number of nitrogens with zero attached hydrogens (tertiary/aromatic N) is 2. The van der Waals surface area contributed by atoms with Crippen LogP contribution in [0.5, 0.6) is 0 Å². The Bertz CT molecular complexity index is 934. The van der Waals surface area contributed by atoms with Crippen LogP contribution in [0.2, 0.25) is 0 Å². The highest BCUT2D eigenvalue weighted by molar-refractivity contribution is 5.94. The largest absolute Gasteiger partial charge is 0.441 e. The summed E-state index contributed by atoms with van der Waals surface area (Å²) in [5.41, 5.74) is 1.33. The number of amides is 1. The molecule has 5 nitrogen and oxygen atoms in total. The number of rotatable bonds is 6. The molecule has 1 N–H and O–H groups in total. The normalized spacial score (nSPS) is 10.7. The molecule has 1 aromatic heterocycles. The van der Waals surface area contributed by atoms with Gasteiger partial charge in [-0.1, -0.05) is 18.2 Å². The molecular weight excluding hydrogens is 352 g/mol. The molecule has 0 saturated heterocycles. The van der Waals surface area contributed by atoms with Gasteiger partial charge in [0.15, 0.2) is 11.7 Å². The van der Waals surface area contributed by atoms with Gasteiger partial charge in [-0.2, -0.15) is 0 Å². The van der Waals surface area contributed by atoms with Crippen LogP contribution in [-0.2, 0) is 11.2 Å². The topological polar surface area (TPSA) is 58.4 Å². The van der Waals surface area contributed by atoms with E-state index in [0.29, 0.717) is 5.69 Å². The van der Waals surface area contributed by atoms with E-state index in [9.17, 15) is 13.6 Å². The predicted molar refractivity (Wildman–Crippen MR) is 99.6 cm³/mol. The van der Waals surface area contributed by atoms with Gasteiger partial charge in [0, 0.05) is 26.9 Å². The SMILES string of the molecule is CN(C)c1ccccc1NC(=O)CCc1ncc(-c2c(F)cccc2F)o1. The van der Waals surface area contributed by atoms with Crippen molar-refractivity contribution in [1.82, 2.24) is 4.98 Å². The second-order valence-corrected chi connectivity index (χ2v) is 6.17. The van der Waals surface area contributed by atoms with Crippen molar-refractivity contribution in [3.05, 3.63) is 66.2 Å². The molecular formula is C20H19F2N3O2. The van der Waals surface area contributed by atoms with E-state index in [1.165, 1.54) is 12.3 Å². The van der Waals surface area contributed by atoms with Crippen LogP contribution in [0.15, 0.2) is 53.1 Å². The maximum atomic E-state index is 13.8. The van der Waals surface area contributed by atoms with E-state index in [1.807, 2.05) is 43.3 Å². The van der Waals surface area contributed by atoms with E-state index < -0.39 is 11.6 Å². The summed E-state index contributed by atoms with van der Waals surface area (Å²) < 4.78 is 33.0. The Hall–Kier alpha value is -3.22. The summed E-state index contributed by atoms with van der Waals surface area (Å²) in [5, 5.41) is 2.85. The van der Waals surface area contributed by atoms with Crippen LogP contribution >= 0.6 is 0 Å². The molecule has 0 radical (unpaired) electrons. The minimum atomic E-state index is -0.726. The van der Waals surface area contributed by atoms with Crippen LogP contribution in [0.25, 0.3) is 11.3 Å². The van der Waals surface area contributed by atoms with Gasteiger partial charge in [-0.3, -0.25) is 4.79 Å². The average molecular weight is 371 g/mol. The third-order valence-electron chi connectivity index (χ3n) is 3.99. The molecule has 0 spiro atoms. The fourth-order valence-corrected chi connectivity index (χ4v) is 2.68. The van der Waals surface area contributed by atoms with Crippen molar-refractivity contribution in [3.63, 3.8) is 0 Å². The second-order valence-electron chi connectivity index (χ2n) is 6.17. The predicted octanol–water partition coefficient (Wildman–Crippen LogP) is 4.26. The van der Waals surface area contributed by atoms with Crippen molar-refractivity contribution in [3.8, 4) is 11.3 Å². The van der Waals surface area contributed by atoms with Gasteiger partial charge in [-0.25, -0.2) is 13.8 Å². The molecule has 0 bridgehead atoms. The minimum absolute atomic E-state index is 0.000962. The number of anilines is 2. The van der Waals surface area contributed by atoms with Crippen LogP contribution in [0.3, 0.4) is 0 Å². The maximum Gasteiger partial charge on any atom is 0.224 e. The van der Waals surface area contributed by atoms with Crippen LogP contribution in [-0.4, -0.2) is 25.0 Å². The molecule has 27 heavy (non-hydrogen) atoms. The lowest BCUT2D eigenvalue weighted by Crippen LogP contribution is -2.16. The smallest absolute Gasteiger partial charge is 0.224 e. The van der Waals surface area contributed by atoms with Crippen molar-refractivity contribution >= 4 is 17.3 Å². The van der Waals surface area contributed by atoms with Crippen LogP contribution in [0.1, 0.15) is 12.3 Å². The molecule has 0 saturated carbocycles. The number of carbonyl (C=O) groups excluding carboxylic acids is 1. The first-order valence-corrected chi connectivity index (χ1v) is 8.41. The van der Waals surface area contributed by atoms with Gasteiger partial charge in [0.2, 0.25) is 5.91 Å². The van der Waals surface area contributed by atoms with Gasteiger partial charge in [-0.05, 0) is 24.3 Å². The molecule has 7 heteroatoms. The Kier molecular flexibility index (Phi) is 5.49. The number of nitrogens with one attached hydrogen (secondary N) is 1. The van der Waals surface area contributed by atoms with Crippen molar-refractivity contribution in [1.29, 1.82) is 0 Å². The highest BCUT2D eigenvalue weighted by Crippen LogP contribution is 2.27. The Balaban J connectivity index is 1.65. The second kappa shape index (κ2) is 7.99. The van der Waals surface area contributed by atoms with Crippen molar-refractivity contribution < 1.29 is 18.0 Å². The van der Waals surface area contributed by atoms with Gasteiger partial charge < -0.3 is 14.6 Å². The Morgan fingerprint density at radius 2 is 1.81 bits per heavy atom. The zero-order valence-corrected chi connectivity index (χ0v) is 15.0. The van der Waals surface area contributed by atoms with Crippen molar-refractivity contribution in [2.24, 2.45) is 0 Å². The number of halogens is 2. The third-order valence-corrected chi connectivity index (χ3v) is 3.99. The summed E-state index contributed by atoms with van der Waals surface area (Å²) in [6, 6.07) is 11.0. The summed E-state index contributed by atoms with van der Waals surface area (Å²) in [5.74, 6) is -1.42. The monoisotopic (exact) mass is 371 g/mol. The number of oxazole rings is 1. The standard InChI is InChI=1S/C20H19F2N3O2/c1-25(2)16-9-4-3-8-15(16)24-18(26)10-11-19-23-12-17(27-19)20-13(21)6-5-7-14(20)22/h3-9,12H,10-11H2,1-2H3,(H,24,26). The molecule has 3 rings (SSSR count). The zero-order chi connectivity index (χ0) is 19.4. The summed E-state index contributed by atoms with van der Waals surface area (Å²) in [6.45, 7) is 0. The fourth-order valence-electron chi connectivity index (χ4n) is 2.68. The van der Waals surface area contributed by atoms with Crippen LogP contribution < -0.4 is 10.2 Å². The zero-order valence-electron chi connectivity index (χ0n) is 15.0. The maximum absolute atomic E-state index is 13.8. The first-order valence-electron chi connectivity index (χ1n) is 8.41. The van der Waals surface area contributed by atoms with Gasteiger partial charge in [0.25, 0.3) is 0 Å². The number of hydrogen-bond acceptors (Lipinski definition) is 4. The molecule has 0 aliphatic carbocycles. The van der Waals surface area contributed by atoms with Gasteiger partial charge in [0.1, 0.15) is 11.6 Å². The number of hydrogen-bond donors (Lipinski definition) is 1. The van der Waals surface area contributed by atoms with Crippen LogP contribution in [0, 0.1) is 11.6 Å². The summed E-state index contributed by atoms with van der Waals surface area (Å²) in [4.78, 5) is 18.1. The van der Waals surface area contributed by atoms with E-state index in [4.69, 9.17) is 4.42 Å². The van der Waals surface area contributed by atoms with Crippen LogP contribution in [0.4, 0.5) is 20.2 Å². The fraction of sp³-hybridized carbons (Fsp3) is 0.200. The number of carbonyl (C=O) groups is 1. The molecule has 2 aromatic carbocycles. The molecule has 0 fully saturated rings. The van der Waals surface area contributed by atoms with Gasteiger partial charge in [0.05, 0.1) is 23.1 Å². The molecule has 0 aliphatic heterocycles. The third kappa shape index (κ3) is 4.31. The molecule has 1 amide bonds. The number of aromatic nitrogens is 1. The molecule has 0 unspecified atom stereocenters. The quantitative estimate of drug-likeness (QED) is 0.704. The van der Waals surface area contributed by atoms with Gasteiger partial charge in [-0.15, -0.1) is 0 Å². The Morgan fingerprint density at radius 3 is 2.52 bits per heavy atom. The average Bonchev–Trinajstić information content (AvgIpc) is 3.09. The Labute approximate surface area is 155 Å². The highest BCUT2D eigenvalue weighted by atomic mass is 19.1.